The van der Waals surface area contributed by atoms with Crippen molar-refractivity contribution in [1.29, 1.82) is 0 Å². The van der Waals surface area contributed by atoms with E-state index < -0.39 is 0 Å². The molecular weight excluding hydrogens is 235 g/mol. The van der Waals surface area contributed by atoms with Gasteiger partial charge in [0.15, 0.2) is 5.13 Å². The highest BCUT2D eigenvalue weighted by Gasteiger charge is 2.52. The first kappa shape index (κ1) is 12.9. The van der Waals surface area contributed by atoms with Crippen molar-refractivity contribution in [3.8, 4) is 0 Å². The van der Waals surface area contributed by atoms with Crippen molar-refractivity contribution in [1.82, 2.24) is 4.98 Å². The summed E-state index contributed by atoms with van der Waals surface area (Å²) in [6.07, 6.45) is 1.84. The Hall–Kier alpha value is -0.585. The lowest BCUT2D eigenvalue weighted by molar-refractivity contribution is 0.00578. The number of hydrogen-bond acceptors (Lipinski definition) is 5. The maximum absolute atomic E-state index is 5.97. The molecular formula is C11H19BN2O2S. The van der Waals surface area contributed by atoms with Crippen LogP contribution in [0.25, 0.3) is 0 Å². The Morgan fingerprint density at radius 2 is 1.71 bits per heavy atom. The fourth-order valence-electron chi connectivity index (χ4n) is 1.55. The minimum atomic E-state index is -0.300. The fraction of sp³-hybridized carbons (Fsp3) is 0.727. The molecule has 2 rings (SSSR count). The quantitative estimate of drug-likeness (QED) is 0.749. The van der Waals surface area contributed by atoms with Crippen LogP contribution in [0.15, 0.2) is 6.20 Å². The van der Waals surface area contributed by atoms with Gasteiger partial charge in [-0.2, -0.15) is 0 Å². The summed E-state index contributed by atoms with van der Waals surface area (Å²) in [4.78, 5) is 6.33. The van der Waals surface area contributed by atoms with Crippen molar-refractivity contribution in [2.24, 2.45) is 0 Å². The molecule has 2 heterocycles. The summed E-state index contributed by atoms with van der Waals surface area (Å²) in [5.74, 6) is 0. The predicted octanol–water partition coefficient (Wildman–Crippen LogP) is 1.51. The molecule has 1 saturated heterocycles. The molecule has 0 amide bonds. The van der Waals surface area contributed by atoms with Crippen LogP contribution in [0, 0.1) is 0 Å². The van der Waals surface area contributed by atoms with Gasteiger partial charge in [0.05, 0.1) is 16.0 Å². The summed E-state index contributed by atoms with van der Waals surface area (Å²) in [5, 5.41) is 0.967. The molecule has 1 aliphatic rings. The van der Waals surface area contributed by atoms with Crippen LogP contribution in [0.4, 0.5) is 5.13 Å². The lowest BCUT2D eigenvalue weighted by Crippen LogP contribution is -2.41. The monoisotopic (exact) mass is 254 g/mol. The minimum absolute atomic E-state index is 0.292. The zero-order chi connectivity index (χ0) is 12.8. The fourth-order valence-corrected chi connectivity index (χ4v) is 2.35. The van der Waals surface area contributed by atoms with E-state index in [1.807, 2.05) is 25.2 Å². The number of thiazole rings is 1. The topological polar surface area (TPSA) is 34.6 Å². The van der Waals surface area contributed by atoms with Gasteiger partial charge in [-0.15, -0.1) is 11.3 Å². The Labute approximate surface area is 107 Å². The van der Waals surface area contributed by atoms with Gasteiger partial charge in [0.25, 0.3) is 0 Å². The number of anilines is 1. The van der Waals surface area contributed by atoms with Gasteiger partial charge in [0.1, 0.15) is 0 Å². The molecule has 94 valence electrons. The summed E-state index contributed by atoms with van der Waals surface area (Å²) in [7, 11) is 3.66. The molecule has 1 fully saturated rings. The Morgan fingerprint density at radius 3 is 2.12 bits per heavy atom. The molecule has 0 unspecified atom stereocenters. The highest BCUT2D eigenvalue weighted by molar-refractivity contribution is 7.25. The molecule has 17 heavy (non-hydrogen) atoms. The van der Waals surface area contributed by atoms with E-state index in [4.69, 9.17) is 9.31 Å². The molecule has 0 radical (unpaired) electrons. The Morgan fingerprint density at radius 1 is 1.18 bits per heavy atom. The molecule has 1 aliphatic heterocycles. The first-order valence-electron chi connectivity index (χ1n) is 5.72. The van der Waals surface area contributed by atoms with Crippen LogP contribution in [0.3, 0.4) is 0 Å². The smallest absolute Gasteiger partial charge is 0.399 e. The number of hydrogen-bond donors (Lipinski definition) is 0. The largest absolute Gasteiger partial charge is 0.507 e. The number of aromatic nitrogens is 1. The molecule has 0 atom stereocenters. The second-order valence-electron chi connectivity index (χ2n) is 5.53. The van der Waals surface area contributed by atoms with Crippen molar-refractivity contribution >= 4 is 28.4 Å². The molecule has 0 aromatic carbocycles. The third-order valence-corrected chi connectivity index (χ3v) is 4.57. The Bertz CT molecular complexity index is 401. The third-order valence-electron chi connectivity index (χ3n) is 3.38. The van der Waals surface area contributed by atoms with Gasteiger partial charge in [-0.1, -0.05) is 0 Å². The molecule has 1 aromatic rings. The van der Waals surface area contributed by atoms with Gasteiger partial charge >= 0.3 is 7.12 Å². The van der Waals surface area contributed by atoms with Crippen molar-refractivity contribution < 1.29 is 9.31 Å². The lowest BCUT2D eigenvalue weighted by atomic mass is 9.89. The van der Waals surface area contributed by atoms with Crippen LogP contribution >= 0.6 is 11.3 Å². The van der Waals surface area contributed by atoms with Crippen LogP contribution in [-0.2, 0) is 9.31 Å². The van der Waals surface area contributed by atoms with E-state index in [-0.39, 0.29) is 18.3 Å². The van der Waals surface area contributed by atoms with Crippen LogP contribution in [-0.4, -0.2) is 37.4 Å². The van der Waals surface area contributed by atoms with Gasteiger partial charge in [-0.05, 0) is 27.7 Å². The highest BCUT2D eigenvalue weighted by atomic mass is 32.1. The van der Waals surface area contributed by atoms with E-state index in [1.165, 1.54) is 0 Å². The zero-order valence-corrected chi connectivity index (χ0v) is 12.1. The predicted molar refractivity (Wildman–Crippen MR) is 72.2 cm³/mol. The molecule has 0 bridgehead atoms. The Balaban J connectivity index is 2.20. The van der Waals surface area contributed by atoms with Crippen LogP contribution < -0.4 is 9.68 Å². The highest BCUT2D eigenvalue weighted by Crippen LogP contribution is 2.37. The first-order chi connectivity index (χ1) is 7.73. The lowest BCUT2D eigenvalue weighted by Gasteiger charge is -2.32. The second-order valence-corrected chi connectivity index (χ2v) is 6.57. The van der Waals surface area contributed by atoms with Crippen LogP contribution in [0.5, 0.6) is 0 Å². The number of rotatable bonds is 2. The molecule has 0 aliphatic carbocycles. The van der Waals surface area contributed by atoms with Gasteiger partial charge in [0, 0.05) is 20.3 Å². The van der Waals surface area contributed by atoms with Crippen LogP contribution in [0.2, 0.25) is 0 Å². The van der Waals surface area contributed by atoms with Gasteiger partial charge in [-0.3, -0.25) is 0 Å². The van der Waals surface area contributed by atoms with Crippen molar-refractivity contribution in [2.45, 2.75) is 38.9 Å². The van der Waals surface area contributed by atoms with E-state index in [0.29, 0.717) is 0 Å². The van der Waals surface area contributed by atoms with Gasteiger partial charge < -0.3 is 14.2 Å². The maximum atomic E-state index is 5.97. The SMILES string of the molecule is CN(C)c1ncc(B2OC(C)(C)C(C)(C)O2)s1. The minimum Gasteiger partial charge on any atom is -0.399 e. The molecule has 1 aromatic heterocycles. The first-order valence-corrected chi connectivity index (χ1v) is 6.53. The molecule has 0 spiro atoms. The van der Waals surface area contributed by atoms with E-state index >= 15 is 0 Å². The average molecular weight is 254 g/mol. The normalized spacial score (nSPS) is 21.9. The van der Waals surface area contributed by atoms with Gasteiger partial charge in [-0.25, -0.2) is 4.98 Å². The van der Waals surface area contributed by atoms with Crippen molar-refractivity contribution in [2.75, 3.05) is 19.0 Å². The van der Waals surface area contributed by atoms with Crippen LogP contribution in [0.1, 0.15) is 27.7 Å². The van der Waals surface area contributed by atoms with Gasteiger partial charge in [0.2, 0.25) is 0 Å². The summed E-state index contributed by atoms with van der Waals surface area (Å²) >= 11 is 1.60. The van der Waals surface area contributed by atoms with Crippen molar-refractivity contribution in [3.05, 3.63) is 6.20 Å². The summed E-state index contributed by atoms with van der Waals surface area (Å²) in [6, 6.07) is 0. The third kappa shape index (κ3) is 2.21. The van der Waals surface area contributed by atoms with E-state index in [1.54, 1.807) is 11.3 Å². The Kier molecular flexibility index (Phi) is 3.00. The van der Waals surface area contributed by atoms with E-state index in [0.717, 1.165) is 9.91 Å². The maximum Gasteiger partial charge on any atom is 0.507 e. The summed E-state index contributed by atoms with van der Waals surface area (Å²) in [5.41, 5.74) is -0.583. The summed E-state index contributed by atoms with van der Waals surface area (Å²) < 4.78 is 13.0. The summed E-state index contributed by atoms with van der Waals surface area (Å²) in [6.45, 7) is 8.23. The molecule has 0 saturated carbocycles. The molecule has 0 N–H and O–H groups in total. The average Bonchev–Trinajstić information content (AvgIpc) is 2.70. The van der Waals surface area contributed by atoms with Crippen molar-refractivity contribution in [3.63, 3.8) is 0 Å². The van der Waals surface area contributed by atoms with E-state index in [9.17, 15) is 0 Å². The molecule has 6 heteroatoms. The zero-order valence-electron chi connectivity index (χ0n) is 11.3. The molecule has 4 nitrogen and oxygen atoms in total. The van der Waals surface area contributed by atoms with E-state index in [2.05, 4.69) is 32.7 Å². The standard InChI is InChI=1S/C11H19BN2O2S/c1-10(2)11(3,4)16-12(15-10)8-7-13-9(17-8)14(5)6/h7H,1-6H3. The number of nitrogens with zero attached hydrogens (tertiary/aromatic N) is 2. The second kappa shape index (κ2) is 3.97.